The molecule has 2 bridgehead atoms. The Morgan fingerprint density at radius 2 is 2.21 bits per heavy atom. The Kier molecular flexibility index (Phi) is 4.34. The number of hydrogen-bond acceptors (Lipinski definition) is 2. The molecule has 0 radical (unpaired) electrons. The summed E-state index contributed by atoms with van der Waals surface area (Å²) in [5.41, 5.74) is 0. The van der Waals surface area contributed by atoms with E-state index in [0.717, 1.165) is 32.4 Å². The first-order valence-corrected chi connectivity index (χ1v) is 10.3. The summed E-state index contributed by atoms with van der Waals surface area (Å²) in [6, 6.07) is 8.33. The summed E-state index contributed by atoms with van der Waals surface area (Å²) < 4.78 is 1.03. The van der Waals surface area contributed by atoms with Gasteiger partial charge in [-0.2, -0.15) is 0 Å². The minimum Gasteiger partial charge on any atom is -0.334 e. The van der Waals surface area contributed by atoms with Crippen LogP contribution < -0.4 is 0 Å². The molecule has 1 aromatic heterocycles. The predicted molar refractivity (Wildman–Crippen MR) is 102 cm³/mol. The van der Waals surface area contributed by atoms with E-state index in [4.69, 9.17) is 11.6 Å². The highest BCUT2D eigenvalue weighted by Crippen LogP contribution is 2.45. The quantitative estimate of drug-likeness (QED) is 0.672. The molecule has 2 aromatic rings. The first-order valence-electron chi connectivity index (χ1n) is 9.07. The number of hydrogen-bond donors (Lipinski definition) is 0. The number of benzene rings is 1. The lowest BCUT2D eigenvalue weighted by atomic mass is 9.74. The first-order chi connectivity index (χ1) is 11.6. The van der Waals surface area contributed by atoms with E-state index in [1.807, 2.05) is 24.3 Å². The minimum atomic E-state index is 0.212. The molecule has 1 saturated carbocycles. The number of carbonyl (C=O) groups is 1. The van der Waals surface area contributed by atoms with Gasteiger partial charge in [0, 0.05) is 12.6 Å². The molecule has 2 aliphatic rings. The summed E-state index contributed by atoms with van der Waals surface area (Å²) in [6.45, 7) is 5.54. The van der Waals surface area contributed by atoms with Gasteiger partial charge in [0.2, 0.25) is 0 Å². The van der Waals surface area contributed by atoms with E-state index in [0.29, 0.717) is 17.9 Å². The number of amides is 1. The lowest BCUT2D eigenvalue weighted by molar-refractivity contribution is 0.0702. The molecule has 1 aliphatic heterocycles. The highest BCUT2D eigenvalue weighted by molar-refractivity contribution is 7.21. The van der Waals surface area contributed by atoms with Crippen molar-refractivity contribution in [3.8, 4) is 0 Å². The monoisotopic (exact) mass is 361 g/mol. The largest absolute Gasteiger partial charge is 0.334 e. The Morgan fingerprint density at radius 1 is 1.38 bits per heavy atom. The van der Waals surface area contributed by atoms with Crippen LogP contribution in [0.5, 0.6) is 0 Å². The van der Waals surface area contributed by atoms with Gasteiger partial charge >= 0.3 is 0 Å². The van der Waals surface area contributed by atoms with Gasteiger partial charge in [0.1, 0.15) is 0 Å². The van der Waals surface area contributed by atoms with Gasteiger partial charge in [-0.15, -0.1) is 11.3 Å². The lowest BCUT2D eigenvalue weighted by Crippen LogP contribution is -2.38. The van der Waals surface area contributed by atoms with E-state index < -0.39 is 0 Å². The Morgan fingerprint density at radius 3 is 2.96 bits per heavy atom. The molecule has 2 fully saturated rings. The second-order valence-electron chi connectivity index (χ2n) is 7.54. The van der Waals surface area contributed by atoms with Crippen LogP contribution in [0.2, 0.25) is 5.02 Å². The van der Waals surface area contributed by atoms with Gasteiger partial charge in [0.05, 0.1) is 14.6 Å². The molecule has 2 nitrogen and oxygen atoms in total. The van der Waals surface area contributed by atoms with Gasteiger partial charge in [-0.25, -0.2) is 0 Å². The fraction of sp³-hybridized carbons (Fsp3) is 0.550. The van der Waals surface area contributed by atoms with Crippen LogP contribution in [0.25, 0.3) is 10.1 Å². The average molecular weight is 362 g/mol. The standard InChI is InChI=1S/C20H24ClNOS/c1-3-5-13-8-15-11-22(17(9-13)12(15)2)20(23)18-10-14-6-4-7-16(21)19(14)24-18/h4,6-7,10,12-13,15,17H,3,5,8-9,11H2,1-2H3. The zero-order chi connectivity index (χ0) is 16.8. The molecule has 24 heavy (non-hydrogen) atoms. The van der Waals surface area contributed by atoms with Crippen LogP contribution in [0, 0.1) is 17.8 Å². The van der Waals surface area contributed by atoms with E-state index in [9.17, 15) is 4.79 Å². The molecule has 4 rings (SSSR count). The molecule has 1 amide bonds. The van der Waals surface area contributed by atoms with Crippen LogP contribution in [0.15, 0.2) is 24.3 Å². The van der Waals surface area contributed by atoms with Crippen molar-refractivity contribution >= 4 is 38.9 Å². The van der Waals surface area contributed by atoms with Gasteiger partial charge in [-0.1, -0.05) is 50.4 Å². The Bertz CT molecular complexity index is 770. The smallest absolute Gasteiger partial charge is 0.264 e. The average Bonchev–Trinajstić information content (AvgIpc) is 3.06. The van der Waals surface area contributed by atoms with Crippen LogP contribution in [0.1, 0.15) is 49.2 Å². The second kappa shape index (κ2) is 6.34. The molecule has 1 aliphatic carbocycles. The van der Waals surface area contributed by atoms with Crippen molar-refractivity contribution in [2.75, 3.05) is 6.54 Å². The van der Waals surface area contributed by atoms with Crippen molar-refractivity contribution in [3.05, 3.63) is 34.2 Å². The zero-order valence-corrected chi connectivity index (χ0v) is 15.9. The number of fused-ring (bicyclic) bond motifs is 3. The van der Waals surface area contributed by atoms with E-state index in [-0.39, 0.29) is 5.91 Å². The van der Waals surface area contributed by atoms with Gasteiger partial charge < -0.3 is 4.90 Å². The Hall–Kier alpha value is -1.06. The summed E-state index contributed by atoms with van der Waals surface area (Å²) in [6.07, 6.45) is 5.04. The van der Waals surface area contributed by atoms with Crippen molar-refractivity contribution in [2.45, 2.75) is 45.6 Å². The molecule has 4 heteroatoms. The molecular formula is C20H24ClNOS. The van der Waals surface area contributed by atoms with Gasteiger partial charge in [0.25, 0.3) is 5.91 Å². The highest BCUT2D eigenvalue weighted by atomic mass is 35.5. The zero-order valence-electron chi connectivity index (χ0n) is 14.3. The Labute approximate surface area is 152 Å². The van der Waals surface area contributed by atoms with Crippen molar-refractivity contribution in [2.24, 2.45) is 17.8 Å². The summed E-state index contributed by atoms with van der Waals surface area (Å²) in [5, 5.41) is 1.82. The summed E-state index contributed by atoms with van der Waals surface area (Å²) in [5.74, 6) is 2.34. The molecule has 0 N–H and O–H groups in total. The number of carbonyl (C=O) groups excluding carboxylic acids is 1. The number of thiophene rings is 1. The SMILES string of the molecule is CCCC1CC2CN(C(=O)c3cc4cccc(Cl)c4s3)C(C1)C2C. The van der Waals surface area contributed by atoms with Crippen LogP contribution in [0.3, 0.4) is 0 Å². The van der Waals surface area contributed by atoms with Gasteiger partial charge in [-0.3, -0.25) is 4.79 Å². The number of likely N-dealkylation sites (tertiary alicyclic amines) is 1. The van der Waals surface area contributed by atoms with Gasteiger partial charge in [-0.05, 0) is 48.1 Å². The van der Waals surface area contributed by atoms with Crippen molar-refractivity contribution in [1.29, 1.82) is 0 Å². The number of nitrogens with zero attached hydrogens (tertiary/aromatic N) is 1. The van der Waals surface area contributed by atoms with E-state index in [1.165, 1.54) is 25.7 Å². The highest BCUT2D eigenvalue weighted by Gasteiger charge is 2.46. The maximum absolute atomic E-state index is 13.2. The molecular weight excluding hydrogens is 338 g/mol. The normalized spacial score (nSPS) is 29.4. The third-order valence-corrected chi connectivity index (χ3v) is 7.66. The van der Waals surface area contributed by atoms with E-state index in [1.54, 1.807) is 11.3 Å². The Balaban J connectivity index is 1.61. The second-order valence-corrected chi connectivity index (χ2v) is 9.00. The minimum absolute atomic E-state index is 0.212. The van der Waals surface area contributed by atoms with E-state index in [2.05, 4.69) is 18.7 Å². The van der Waals surface area contributed by atoms with Crippen LogP contribution in [-0.4, -0.2) is 23.4 Å². The lowest BCUT2D eigenvalue weighted by Gasteiger charge is -2.34. The molecule has 0 spiro atoms. The maximum atomic E-state index is 13.2. The maximum Gasteiger partial charge on any atom is 0.264 e. The third-order valence-electron chi connectivity index (χ3n) is 6.06. The van der Waals surface area contributed by atoms with Crippen molar-refractivity contribution in [3.63, 3.8) is 0 Å². The number of halogens is 1. The fourth-order valence-electron chi connectivity index (χ4n) is 4.80. The molecule has 4 atom stereocenters. The van der Waals surface area contributed by atoms with Crippen LogP contribution >= 0.6 is 22.9 Å². The van der Waals surface area contributed by atoms with Crippen LogP contribution in [-0.2, 0) is 0 Å². The topological polar surface area (TPSA) is 20.3 Å². The predicted octanol–water partition coefficient (Wildman–Crippen LogP) is 5.84. The fourth-order valence-corrected chi connectivity index (χ4v) is 6.12. The summed E-state index contributed by atoms with van der Waals surface area (Å²) in [4.78, 5) is 16.2. The third kappa shape index (κ3) is 2.66. The first kappa shape index (κ1) is 16.4. The van der Waals surface area contributed by atoms with Crippen molar-refractivity contribution in [1.82, 2.24) is 4.90 Å². The van der Waals surface area contributed by atoms with Crippen molar-refractivity contribution < 1.29 is 4.79 Å². The van der Waals surface area contributed by atoms with E-state index >= 15 is 0 Å². The molecule has 1 saturated heterocycles. The van der Waals surface area contributed by atoms with Gasteiger partial charge in [0.15, 0.2) is 0 Å². The number of rotatable bonds is 3. The van der Waals surface area contributed by atoms with Crippen LogP contribution in [0.4, 0.5) is 0 Å². The molecule has 4 unspecified atom stereocenters. The molecule has 128 valence electrons. The summed E-state index contributed by atoms with van der Waals surface area (Å²) in [7, 11) is 0. The molecule has 2 heterocycles. The summed E-state index contributed by atoms with van der Waals surface area (Å²) >= 11 is 7.83. The molecule has 1 aromatic carbocycles.